The second-order valence-corrected chi connectivity index (χ2v) is 5.07. The Bertz CT molecular complexity index is 651. The number of ether oxygens (including phenoxy) is 3. The van der Waals surface area contributed by atoms with E-state index in [0.29, 0.717) is 6.42 Å². The van der Waals surface area contributed by atoms with Crippen LogP contribution < -0.4 is 15.2 Å². The highest BCUT2D eigenvalue weighted by Gasteiger charge is 2.15. The number of hydrogen-bond acceptors (Lipinski definition) is 5. The van der Waals surface area contributed by atoms with E-state index < -0.39 is 12.0 Å². The fourth-order valence-electron chi connectivity index (χ4n) is 2.43. The number of methoxy groups -OCH3 is 3. The highest BCUT2D eigenvalue weighted by Crippen LogP contribution is 2.38. The van der Waals surface area contributed by atoms with E-state index in [4.69, 9.17) is 15.2 Å². The topological polar surface area (TPSA) is 70.8 Å². The predicted molar refractivity (Wildman–Crippen MR) is 95.9 cm³/mol. The van der Waals surface area contributed by atoms with Crippen LogP contribution >= 0.6 is 12.4 Å². The lowest BCUT2D eigenvalue weighted by Gasteiger charge is -2.14. The molecule has 0 radical (unpaired) electrons. The van der Waals surface area contributed by atoms with Crippen molar-refractivity contribution in [2.24, 2.45) is 5.73 Å². The normalized spacial score (nSPS) is 11.2. The van der Waals surface area contributed by atoms with Gasteiger partial charge in [-0.05, 0) is 29.7 Å². The first kappa shape index (κ1) is 19.8. The molecule has 0 amide bonds. The Kier molecular flexibility index (Phi) is 7.55. The first-order chi connectivity index (χ1) is 11.1. The van der Waals surface area contributed by atoms with Crippen molar-refractivity contribution in [2.45, 2.75) is 12.5 Å². The van der Waals surface area contributed by atoms with E-state index in [1.165, 1.54) is 7.11 Å². The molecule has 130 valence electrons. The molecule has 2 aromatic carbocycles. The van der Waals surface area contributed by atoms with Crippen molar-refractivity contribution in [1.29, 1.82) is 0 Å². The average molecular weight is 352 g/mol. The maximum atomic E-state index is 11.4. The second kappa shape index (κ2) is 9.15. The lowest BCUT2D eigenvalue weighted by atomic mass is 9.99. The van der Waals surface area contributed by atoms with E-state index in [9.17, 15) is 4.79 Å². The quantitative estimate of drug-likeness (QED) is 0.810. The molecule has 0 aromatic heterocycles. The van der Waals surface area contributed by atoms with E-state index in [0.717, 1.165) is 28.2 Å². The van der Waals surface area contributed by atoms with Crippen LogP contribution in [-0.4, -0.2) is 33.3 Å². The van der Waals surface area contributed by atoms with Gasteiger partial charge in [-0.1, -0.05) is 30.3 Å². The highest BCUT2D eigenvalue weighted by atomic mass is 35.5. The van der Waals surface area contributed by atoms with Crippen molar-refractivity contribution in [3.05, 3.63) is 48.0 Å². The van der Waals surface area contributed by atoms with Gasteiger partial charge in [0.05, 0.1) is 26.9 Å². The zero-order valence-corrected chi connectivity index (χ0v) is 14.8. The summed E-state index contributed by atoms with van der Waals surface area (Å²) < 4.78 is 15.5. The molecule has 0 aliphatic heterocycles. The van der Waals surface area contributed by atoms with Crippen molar-refractivity contribution in [3.63, 3.8) is 0 Å². The van der Waals surface area contributed by atoms with Crippen molar-refractivity contribution in [3.8, 4) is 22.6 Å². The molecule has 0 fully saturated rings. The van der Waals surface area contributed by atoms with Crippen LogP contribution in [-0.2, 0) is 16.0 Å². The van der Waals surface area contributed by atoms with Gasteiger partial charge in [-0.3, -0.25) is 4.79 Å². The summed E-state index contributed by atoms with van der Waals surface area (Å²) in [6.45, 7) is 0. The first-order valence-corrected chi connectivity index (χ1v) is 7.24. The third-order valence-corrected chi connectivity index (χ3v) is 3.63. The van der Waals surface area contributed by atoms with Gasteiger partial charge >= 0.3 is 5.97 Å². The van der Waals surface area contributed by atoms with Crippen LogP contribution in [0, 0.1) is 0 Å². The standard InChI is InChI=1S/C18H21NO4.ClH/c1-21-15-5-4-6-16(22-2)17(15)13-9-7-12(8-10-13)11-14(19)18(20)23-3;/h4-10,14H,11,19H2,1-3H3;1H/t14-;/m0./s1. The number of benzene rings is 2. The zero-order chi connectivity index (χ0) is 16.8. The fraction of sp³-hybridized carbons (Fsp3) is 0.278. The molecule has 2 aromatic rings. The molecule has 24 heavy (non-hydrogen) atoms. The Morgan fingerprint density at radius 2 is 1.54 bits per heavy atom. The van der Waals surface area contributed by atoms with Crippen molar-refractivity contribution < 1.29 is 19.0 Å². The van der Waals surface area contributed by atoms with Crippen molar-refractivity contribution in [2.75, 3.05) is 21.3 Å². The van der Waals surface area contributed by atoms with Gasteiger partial charge in [-0.25, -0.2) is 0 Å². The molecular formula is C18H22ClNO4. The summed E-state index contributed by atoms with van der Waals surface area (Å²) in [5.74, 6) is 1.06. The van der Waals surface area contributed by atoms with Crippen molar-refractivity contribution >= 4 is 18.4 Å². The van der Waals surface area contributed by atoms with Gasteiger partial charge in [0.1, 0.15) is 17.5 Å². The molecular weight excluding hydrogens is 330 g/mol. The summed E-state index contributed by atoms with van der Waals surface area (Å²) in [6.07, 6.45) is 0.427. The van der Waals surface area contributed by atoms with E-state index >= 15 is 0 Å². The van der Waals surface area contributed by atoms with E-state index in [2.05, 4.69) is 4.74 Å². The minimum Gasteiger partial charge on any atom is -0.496 e. The molecule has 0 saturated carbocycles. The number of nitrogens with two attached hydrogens (primary N) is 1. The number of halogens is 1. The van der Waals surface area contributed by atoms with Gasteiger partial charge in [-0.2, -0.15) is 0 Å². The van der Waals surface area contributed by atoms with Crippen LogP contribution in [0.3, 0.4) is 0 Å². The van der Waals surface area contributed by atoms with Crippen LogP contribution in [0.1, 0.15) is 5.56 Å². The van der Waals surface area contributed by atoms with Crippen LogP contribution in [0.2, 0.25) is 0 Å². The van der Waals surface area contributed by atoms with Crippen LogP contribution in [0.15, 0.2) is 42.5 Å². The van der Waals surface area contributed by atoms with Crippen molar-refractivity contribution in [1.82, 2.24) is 0 Å². The van der Waals surface area contributed by atoms with Gasteiger partial charge in [0, 0.05) is 0 Å². The number of carbonyl (C=O) groups is 1. The second-order valence-electron chi connectivity index (χ2n) is 5.07. The number of hydrogen-bond donors (Lipinski definition) is 1. The smallest absolute Gasteiger partial charge is 0.322 e. The molecule has 2 rings (SSSR count). The predicted octanol–water partition coefficient (Wildman–Crippen LogP) is 2.84. The highest BCUT2D eigenvalue weighted by molar-refractivity contribution is 5.85. The summed E-state index contributed by atoms with van der Waals surface area (Å²) in [5.41, 5.74) is 8.60. The Hall–Kier alpha value is -2.24. The maximum Gasteiger partial charge on any atom is 0.322 e. The molecule has 2 N–H and O–H groups in total. The summed E-state index contributed by atoms with van der Waals surface area (Å²) in [6, 6.07) is 12.8. The van der Waals surface area contributed by atoms with Gasteiger partial charge in [-0.15, -0.1) is 12.4 Å². The average Bonchev–Trinajstić information content (AvgIpc) is 2.60. The molecule has 1 atom stereocenters. The summed E-state index contributed by atoms with van der Waals surface area (Å²) >= 11 is 0. The van der Waals surface area contributed by atoms with Gasteiger partial charge in [0.2, 0.25) is 0 Å². The molecule has 6 heteroatoms. The van der Waals surface area contributed by atoms with Crippen LogP contribution in [0.25, 0.3) is 11.1 Å². The maximum absolute atomic E-state index is 11.4. The monoisotopic (exact) mass is 351 g/mol. The van der Waals surface area contributed by atoms with Crippen LogP contribution in [0.5, 0.6) is 11.5 Å². The molecule has 0 heterocycles. The SMILES string of the molecule is COC(=O)[C@@H](N)Cc1ccc(-c2c(OC)cccc2OC)cc1.Cl. The minimum atomic E-state index is -0.661. The number of carbonyl (C=O) groups excluding carboxylic acids is 1. The van der Waals surface area contributed by atoms with E-state index in [1.54, 1.807) is 14.2 Å². The molecule has 0 bridgehead atoms. The molecule has 0 unspecified atom stereocenters. The fourth-order valence-corrected chi connectivity index (χ4v) is 2.43. The molecule has 0 spiro atoms. The molecule has 0 aliphatic carbocycles. The number of esters is 1. The summed E-state index contributed by atoms with van der Waals surface area (Å²) in [4.78, 5) is 11.4. The Morgan fingerprint density at radius 1 is 1.00 bits per heavy atom. The first-order valence-electron chi connectivity index (χ1n) is 7.24. The zero-order valence-electron chi connectivity index (χ0n) is 13.9. The van der Waals surface area contributed by atoms with Gasteiger partial charge < -0.3 is 19.9 Å². The third kappa shape index (κ3) is 4.40. The molecule has 0 saturated heterocycles. The third-order valence-electron chi connectivity index (χ3n) is 3.63. The molecule has 0 aliphatic rings. The summed E-state index contributed by atoms with van der Waals surface area (Å²) in [5, 5.41) is 0. The lowest BCUT2D eigenvalue weighted by molar-refractivity contribution is -0.142. The minimum absolute atomic E-state index is 0. The van der Waals surface area contributed by atoms with E-state index in [-0.39, 0.29) is 12.4 Å². The summed E-state index contributed by atoms with van der Waals surface area (Å²) in [7, 11) is 4.59. The largest absolute Gasteiger partial charge is 0.496 e. The number of rotatable bonds is 6. The van der Waals surface area contributed by atoms with Crippen LogP contribution in [0.4, 0.5) is 0 Å². The Balaban J connectivity index is 0.00000288. The van der Waals surface area contributed by atoms with Gasteiger partial charge in [0.25, 0.3) is 0 Å². The lowest BCUT2D eigenvalue weighted by Crippen LogP contribution is -2.33. The van der Waals surface area contributed by atoms with Gasteiger partial charge in [0.15, 0.2) is 0 Å². The Morgan fingerprint density at radius 3 is 2.00 bits per heavy atom. The Labute approximate surface area is 148 Å². The molecule has 5 nitrogen and oxygen atoms in total. The van der Waals surface area contributed by atoms with E-state index in [1.807, 2.05) is 42.5 Å².